The zero-order chi connectivity index (χ0) is 23.3. The van der Waals surface area contributed by atoms with Crippen LogP contribution in [0.5, 0.6) is 0 Å². The van der Waals surface area contributed by atoms with Crippen molar-refractivity contribution in [1.29, 1.82) is 0 Å². The summed E-state index contributed by atoms with van der Waals surface area (Å²) in [4.78, 5) is 57.4. The van der Waals surface area contributed by atoms with E-state index in [1.807, 2.05) is 0 Å². The summed E-state index contributed by atoms with van der Waals surface area (Å²) in [6.45, 7) is 2.65. The number of carboxylic acids is 2. The SMILES string of the molecule is CCC(=O)NC(C)C(=O)NC(CCC(=O)NC(CO)CCCC(N)C(=O)O)C(=O)O. The third kappa shape index (κ3) is 11.3. The van der Waals surface area contributed by atoms with E-state index in [1.54, 1.807) is 6.92 Å². The highest BCUT2D eigenvalue weighted by Crippen LogP contribution is 2.05. The molecule has 12 nitrogen and oxygen atoms in total. The molecule has 0 aromatic rings. The zero-order valence-corrected chi connectivity index (χ0v) is 17.2. The Morgan fingerprint density at radius 3 is 2.03 bits per heavy atom. The molecule has 0 aromatic carbocycles. The minimum absolute atomic E-state index is 0.175. The van der Waals surface area contributed by atoms with E-state index >= 15 is 0 Å². The van der Waals surface area contributed by atoms with Crippen LogP contribution in [0.4, 0.5) is 0 Å². The number of aliphatic carboxylic acids is 2. The molecule has 0 bridgehead atoms. The number of rotatable bonds is 15. The number of carboxylic acid groups (broad SMARTS) is 2. The van der Waals surface area contributed by atoms with Crippen LogP contribution in [0.1, 0.15) is 52.4 Å². The average molecular weight is 432 g/mol. The average Bonchev–Trinajstić information content (AvgIpc) is 2.69. The monoisotopic (exact) mass is 432 g/mol. The molecule has 0 saturated carbocycles. The number of nitrogens with one attached hydrogen (secondary N) is 3. The molecule has 30 heavy (non-hydrogen) atoms. The summed E-state index contributed by atoms with van der Waals surface area (Å²) >= 11 is 0. The van der Waals surface area contributed by atoms with Crippen molar-refractivity contribution in [3.05, 3.63) is 0 Å². The Hall–Kier alpha value is -2.73. The van der Waals surface area contributed by atoms with Crippen molar-refractivity contribution >= 4 is 29.7 Å². The van der Waals surface area contributed by atoms with Crippen molar-refractivity contribution in [3.63, 3.8) is 0 Å². The fourth-order valence-electron chi connectivity index (χ4n) is 2.46. The van der Waals surface area contributed by atoms with Gasteiger partial charge in [-0.3, -0.25) is 19.2 Å². The first-order valence-corrected chi connectivity index (χ1v) is 9.72. The second-order valence-electron chi connectivity index (χ2n) is 6.90. The van der Waals surface area contributed by atoms with Gasteiger partial charge < -0.3 is 37.0 Å². The maximum atomic E-state index is 12.0. The third-order valence-electron chi connectivity index (χ3n) is 4.34. The molecule has 172 valence electrons. The first-order valence-electron chi connectivity index (χ1n) is 9.72. The highest BCUT2D eigenvalue weighted by atomic mass is 16.4. The van der Waals surface area contributed by atoms with E-state index in [0.717, 1.165) is 0 Å². The predicted octanol–water partition coefficient (Wildman–Crippen LogP) is -1.69. The van der Waals surface area contributed by atoms with Gasteiger partial charge in [-0.2, -0.15) is 0 Å². The van der Waals surface area contributed by atoms with Gasteiger partial charge in [-0.25, -0.2) is 4.79 Å². The topological polar surface area (TPSA) is 208 Å². The van der Waals surface area contributed by atoms with Crippen molar-refractivity contribution in [1.82, 2.24) is 16.0 Å². The molecule has 0 aliphatic heterocycles. The molecular formula is C18H32N4O8. The highest BCUT2D eigenvalue weighted by Gasteiger charge is 2.25. The summed E-state index contributed by atoms with van der Waals surface area (Å²) in [5.41, 5.74) is 5.39. The summed E-state index contributed by atoms with van der Waals surface area (Å²) in [7, 11) is 0. The number of hydrogen-bond acceptors (Lipinski definition) is 7. The molecule has 3 amide bonds. The van der Waals surface area contributed by atoms with E-state index in [1.165, 1.54) is 6.92 Å². The maximum Gasteiger partial charge on any atom is 0.326 e. The lowest BCUT2D eigenvalue weighted by atomic mass is 10.1. The fourth-order valence-corrected chi connectivity index (χ4v) is 2.46. The summed E-state index contributed by atoms with van der Waals surface area (Å²) in [5.74, 6) is -4.03. The van der Waals surface area contributed by atoms with Gasteiger partial charge in [0.2, 0.25) is 17.7 Å². The predicted molar refractivity (Wildman–Crippen MR) is 105 cm³/mol. The second kappa shape index (κ2) is 14.3. The number of hydrogen-bond donors (Lipinski definition) is 7. The molecule has 12 heteroatoms. The first kappa shape index (κ1) is 27.3. The van der Waals surface area contributed by atoms with Crippen LogP contribution in [-0.2, 0) is 24.0 Å². The fraction of sp³-hybridized carbons (Fsp3) is 0.722. The normalized spacial score (nSPS) is 14.7. The van der Waals surface area contributed by atoms with Crippen LogP contribution in [0.3, 0.4) is 0 Å². The molecule has 0 fully saturated rings. The van der Waals surface area contributed by atoms with Gasteiger partial charge in [-0.05, 0) is 32.6 Å². The lowest BCUT2D eigenvalue weighted by Gasteiger charge is -2.20. The summed E-state index contributed by atoms with van der Waals surface area (Å²) in [6.07, 6.45) is 0.614. The van der Waals surface area contributed by atoms with Crippen LogP contribution in [0.2, 0.25) is 0 Å². The first-order chi connectivity index (χ1) is 14.0. The Bertz CT molecular complexity index is 613. The van der Waals surface area contributed by atoms with Crippen molar-refractivity contribution in [2.24, 2.45) is 5.73 Å². The molecule has 0 aromatic heterocycles. The number of aliphatic hydroxyl groups is 1. The number of carbonyl (C=O) groups is 5. The summed E-state index contributed by atoms with van der Waals surface area (Å²) in [6, 6.07) is -3.90. The van der Waals surface area contributed by atoms with Gasteiger partial charge in [0.05, 0.1) is 12.6 Å². The Morgan fingerprint density at radius 2 is 1.53 bits per heavy atom. The van der Waals surface area contributed by atoms with Crippen LogP contribution in [-0.4, -0.2) is 75.8 Å². The molecule has 0 heterocycles. The van der Waals surface area contributed by atoms with E-state index in [4.69, 9.17) is 10.8 Å². The third-order valence-corrected chi connectivity index (χ3v) is 4.34. The van der Waals surface area contributed by atoms with Crippen molar-refractivity contribution in [3.8, 4) is 0 Å². The summed E-state index contributed by atoms with van der Waals surface area (Å²) < 4.78 is 0. The Labute approximate surface area is 174 Å². The van der Waals surface area contributed by atoms with Crippen LogP contribution >= 0.6 is 0 Å². The highest BCUT2D eigenvalue weighted by molar-refractivity contribution is 5.90. The molecule has 4 unspecified atom stereocenters. The van der Waals surface area contributed by atoms with Gasteiger partial charge >= 0.3 is 11.9 Å². The van der Waals surface area contributed by atoms with Gasteiger partial charge in [0, 0.05) is 12.8 Å². The van der Waals surface area contributed by atoms with E-state index in [2.05, 4.69) is 16.0 Å². The van der Waals surface area contributed by atoms with Crippen molar-refractivity contribution in [2.45, 2.75) is 76.5 Å². The van der Waals surface area contributed by atoms with Gasteiger partial charge in [-0.15, -0.1) is 0 Å². The number of carbonyl (C=O) groups excluding carboxylic acids is 3. The van der Waals surface area contributed by atoms with E-state index < -0.39 is 47.9 Å². The van der Waals surface area contributed by atoms with Crippen LogP contribution in [0, 0.1) is 0 Å². The quantitative estimate of drug-likeness (QED) is 0.157. The molecular weight excluding hydrogens is 400 g/mol. The number of amides is 3. The molecule has 0 spiro atoms. The minimum atomic E-state index is -1.33. The van der Waals surface area contributed by atoms with E-state index in [0.29, 0.717) is 12.8 Å². The van der Waals surface area contributed by atoms with Crippen molar-refractivity contribution in [2.75, 3.05) is 6.61 Å². The molecule has 0 radical (unpaired) electrons. The Morgan fingerprint density at radius 1 is 0.900 bits per heavy atom. The maximum absolute atomic E-state index is 12.0. The number of aliphatic hydroxyl groups excluding tert-OH is 1. The van der Waals surface area contributed by atoms with Gasteiger partial charge in [0.25, 0.3) is 0 Å². The summed E-state index contributed by atoms with van der Waals surface area (Å²) in [5, 5.41) is 34.5. The Balaban J connectivity index is 4.52. The van der Waals surface area contributed by atoms with Crippen LogP contribution in [0.15, 0.2) is 0 Å². The Kier molecular flexibility index (Phi) is 13.0. The van der Waals surface area contributed by atoms with Crippen molar-refractivity contribution < 1.29 is 39.3 Å². The van der Waals surface area contributed by atoms with Crippen LogP contribution in [0.25, 0.3) is 0 Å². The smallest absolute Gasteiger partial charge is 0.326 e. The van der Waals surface area contributed by atoms with Gasteiger partial charge in [-0.1, -0.05) is 6.92 Å². The molecule has 0 aliphatic rings. The zero-order valence-electron chi connectivity index (χ0n) is 17.2. The van der Waals surface area contributed by atoms with Gasteiger partial charge in [0.15, 0.2) is 0 Å². The largest absolute Gasteiger partial charge is 0.480 e. The van der Waals surface area contributed by atoms with Gasteiger partial charge in [0.1, 0.15) is 18.1 Å². The minimum Gasteiger partial charge on any atom is -0.480 e. The molecule has 4 atom stereocenters. The molecule has 0 saturated heterocycles. The lowest BCUT2D eigenvalue weighted by Crippen LogP contribution is -2.50. The standard InChI is InChI=1S/C18H32N4O8/c1-3-14(24)20-10(2)16(26)22-13(18(29)30)7-8-15(25)21-11(9-23)5-4-6-12(19)17(27)28/h10-13,23H,3-9,19H2,1-2H3,(H,20,24)(H,21,25)(H,22,26)(H,27,28)(H,29,30). The number of nitrogens with two attached hydrogens (primary N) is 1. The molecule has 0 aliphatic carbocycles. The lowest BCUT2D eigenvalue weighted by molar-refractivity contribution is -0.142. The van der Waals surface area contributed by atoms with E-state index in [-0.39, 0.29) is 38.2 Å². The molecule has 8 N–H and O–H groups in total. The van der Waals surface area contributed by atoms with E-state index in [9.17, 15) is 34.2 Å². The second-order valence-corrected chi connectivity index (χ2v) is 6.90. The van der Waals surface area contributed by atoms with Crippen LogP contribution < -0.4 is 21.7 Å². The molecule has 0 rings (SSSR count).